The summed E-state index contributed by atoms with van der Waals surface area (Å²) in [6, 6.07) is 12.9. The molecule has 3 rings (SSSR count). The first-order valence-electron chi connectivity index (χ1n) is 7.97. The van der Waals surface area contributed by atoms with Gasteiger partial charge in [-0.2, -0.15) is 0 Å². The summed E-state index contributed by atoms with van der Waals surface area (Å²) >= 11 is 1.77. The van der Waals surface area contributed by atoms with Gasteiger partial charge in [-0.1, -0.05) is 12.1 Å². The minimum Gasteiger partial charge on any atom is -0.496 e. The Bertz CT molecular complexity index is 693. The molecule has 0 amide bonds. The average molecular weight is 343 g/mol. The van der Waals surface area contributed by atoms with Gasteiger partial charge in [0.25, 0.3) is 0 Å². The van der Waals surface area contributed by atoms with Crippen molar-refractivity contribution in [1.82, 2.24) is 0 Å². The summed E-state index contributed by atoms with van der Waals surface area (Å²) in [5.74, 6) is 0.932. The van der Waals surface area contributed by atoms with Gasteiger partial charge in [-0.3, -0.25) is 0 Å². The predicted molar refractivity (Wildman–Crippen MR) is 105 cm³/mol. The van der Waals surface area contributed by atoms with Crippen molar-refractivity contribution in [2.45, 2.75) is 11.1 Å². The summed E-state index contributed by atoms with van der Waals surface area (Å²) in [5.41, 5.74) is 4.86. The maximum atomic E-state index is 5.79. The Morgan fingerprint density at radius 2 is 1.62 bits per heavy atom. The highest BCUT2D eigenvalue weighted by Gasteiger charge is 2.35. The molecular weight excluding hydrogens is 318 g/mol. The standard InChI is InChI=1S/C19H25N3OS/c1-20(2)13-11-16(23-5)18(17(12-13)24-6)19-21(3)14-9-7-8-10-15(14)22(19)4/h7-12,19H,1-6H3. The topological polar surface area (TPSA) is 19.0 Å². The predicted octanol–water partition coefficient (Wildman–Crippen LogP) is 4.07. The van der Waals surface area contributed by atoms with Crippen LogP contribution in [0.3, 0.4) is 0 Å². The molecular formula is C19H25N3OS. The van der Waals surface area contributed by atoms with Crippen LogP contribution in [0.2, 0.25) is 0 Å². The summed E-state index contributed by atoms with van der Waals surface area (Å²) in [5, 5.41) is 0. The van der Waals surface area contributed by atoms with E-state index in [-0.39, 0.29) is 6.17 Å². The largest absolute Gasteiger partial charge is 0.496 e. The van der Waals surface area contributed by atoms with Gasteiger partial charge < -0.3 is 19.4 Å². The van der Waals surface area contributed by atoms with Gasteiger partial charge in [-0.15, -0.1) is 11.8 Å². The van der Waals surface area contributed by atoms with Crippen molar-refractivity contribution in [2.75, 3.05) is 56.3 Å². The third-order valence-corrected chi connectivity index (χ3v) is 5.46. The van der Waals surface area contributed by atoms with Crippen molar-refractivity contribution < 1.29 is 4.74 Å². The Kier molecular flexibility index (Phi) is 4.54. The molecule has 0 radical (unpaired) electrons. The number of hydrogen-bond acceptors (Lipinski definition) is 5. The summed E-state index contributed by atoms with van der Waals surface area (Å²) < 4.78 is 5.79. The fourth-order valence-electron chi connectivity index (χ4n) is 3.41. The lowest BCUT2D eigenvalue weighted by molar-refractivity contribution is 0.403. The van der Waals surface area contributed by atoms with Crippen molar-refractivity contribution in [2.24, 2.45) is 0 Å². The van der Waals surface area contributed by atoms with Crippen LogP contribution in [-0.2, 0) is 0 Å². The Labute approximate surface area is 149 Å². The lowest BCUT2D eigenvalue weighted by Crippen LogP contribution is -2.31. The van der Waals surface area contributed by atoms with E-state index in [1.807, 2.05) is 0 Å². The van der Waals surface area contributed by atoms with Crippen molar-refractivity contribution in [1.29, 1.82) is 0 Å². The zero-order chi connectivity index (χ0) is 17.4. The zero-order valence-corrected chi connectivity index (χ0v) is 16.0. The highest BCUT2D eigenvalue weighted by Crippen LogP contribution is 2.49. The summed E-state index contributed by atoms with van der Waals surface area (Å²) in [7, 11) is 10.2. The molecule has 5 heteroatoms. The Morgan fingerprint density at radius 3 is 2.08 bits per heavy atom. The Hall–Kier alpha value is -2.01. The smallest absolute Gasteiger partial charge is 0.132 e. The number of methoxy groups -OCH3 is 1. The molecule has 0 aliphatic carbocycles. The van der Waals surface area contributed by atoms with E-state index in [0.717, 1.165) is 11.4 Å². The molecule has 1 aliphatic heterocycles. The quantitative estimate of drug-likeness (QED) is 0.777. The van der Waals surface area contributed by atoms with E-state index < -0.39 is 0 Å². The molecule has 2 aromatic carbocycles. The molecule has 4 nitrogen and oxygen atoms in total. The van der Waals surface area contributed by atoms with Crippen LogP contribution >= 0.6 is 11.8 Å². The number of rotatable bonds is 4. The van der Waals surface area contributed by atoms with Crippen LogP contribution in [0, 0.1) is 0 Å². The fourth-order valence-corrected chi connectivity index (χ4v) is 4.07. The van der Waals surface area contributed by atoms with Gasteiger partial charge in [0, 0.05) is 44.8 Å². The lowest BCUT2D eigenvalue weighted by Gasteiger charge is -2.31. The van der Waals surface area contributed by atoms with Crippen molar-refractivity contribution in [3.05, 3.63) is 42.0 Å². The van der Waals surface area contributed by atoms with Crippen LogP contribution in [-0.4, -0.2) is 41.6 Å². The minimum atomic E-state index is 0.121. The third-order valence-electron chi connectivity index (χ3n) is 4.68. The number of ether oxygens (including phenoxy) is 1. The SMILES string of the molecule is COc1cc(N(C)C)cc(SC)c1C1N(C)c2ccccc2N1C. The van der Waals surface area contributed by atoms with Gasteiger partial charge in [0.2, 0.25) is 0 Å². The molecule has 0 N–H and O–H groups in total. The van der Waals surface area contributed by atoms with Crippen molar-refractivity contribution >= 4 is 28.8 Å². The lowest BCUT2D eigenvalue weighted by atomic mass is 10.1. The average Bonchev–Trinajstić information content (AvgIpc) is 2.85. The number of para-hydroxylation sites is 2. The van der Waals surface area contributed by atoms with Gasteiger partial charge in [-0.25, -0.2) is 0 Å². The number of nitrogens with zero attached hydrogens (tertiary/aromatic N) is 3. The second kappa shape index (κ2) is 6.48. The van der Waals surface area contributed by atoms with Crippen LogP contribution in [0.5, 0.6) is 5.75 Å². The molecule has 0 aromatic heterocycles. The van der Waals surface area contributed by atoms with Crippen LogP contribution in [0.4, 0.5) is 17.1 Å². The van der Waals surface area contributed by atoms with Gasteiger partial charge >= 0.3 is 0 Å². The van der Waals surface area contributed by atoms with E-state index >= 15 is 0 Å². The van der Waals surface area contributed by atoms with E-state index in [1.54, 1.807) is 18.9 Å². The monoisotopic (exact) mass is 343 g/mol. The molecule has 0 unspecified atom stereocenters. The molecule has 0 saturated heterocycles. The minimum absolute atomic E-state index is 0.121. The first kappa shape index (κ1) is 16.8. The molecule has 2 aromatic rings. The van der Waals surface area contributed by atoms with Crippen LogP contribution in [0.15, 0.2) is 41.3 Å². The molecule has 0 fully saturated rings. The van der Waals surface area contributed by atoms with Gasteiger partial charge in [0.1, 0.15) is 11.9 Å². The number of benzene rings is 2. The van der Waals surface area contributed by atoms with Crippen molar-refractivity contribution in [3.8, 4) is 5.75 Å². The van der Waals surface area contributed by atoms with E-state index in [0.29, 0.717) is 0 Å². The molecule has 1 heterocycles. The zero-order valence-electron chi connectivity index (χ0n) is 15.2. The van der Waals surface area contributed by atoms with E-state index in [2.05, 4.69) is 85.5 Å². The second-order valence-corrected chi connectivity index (χ2v) is 7.09. The third kappa shape index (κ3) is 2.57. The highest BCUT2D eigenvalue weighted by atomic mass is 32.2. The first-order valence-corrected chi connectivity index (χ1v) is 9.20. The fraction of sp³-hybridized carbons (Fsp3) is 0.368. The number of thioether (sulfide) groups is 1. The molecule has 0 atom stereocenters. The van der Waals surface area contributed by atoms with Gasteiger partial charge in [-0.05, 0) is 24.5 Å². The second-order valence-electron chi connectivity index (χ2n) is 6.24. The summed E-state index contributed by atoms with van der Waals surface area (Å²) in [6.45, 7) is 0. The van der Waals surface area contributed by atoms with Gasteiger partial charge in [0.15, 0.2) is 0 Å². The van der Waals surface area contributed by atoms with E-state index in [1.165, 1.54) is 21.8 Å². The normalized spacial score (nSPS) is 14.1. The summed E-state index contributed by atoms with van der Waals surface area (Å²) in [4.78, 5) is 8.00. The maximum absolute atomic E-state index is 5.79. The van der Waals surface area contributed by atoms with Crippen LogP contribution in [0.25, 0.3) is 0 Å². The molecule has 128 valence electrons. The van der Waals surface area contributed by atoms with Gasteiger partial charge in [0.05, 0.1) is 24.0 Å². The summed E-state index contributed by atoms with van der Waals surface area (Å²) in [6.07, 6.45) is 2.25. The molecule has 0 bridgehead atoms. The van der Waals surface area contributed by atoms with Crippen molar-refractivity contribution in [3.63, 3.8) is 0 Å². The maximum Gasteiger partial charge on any atom is 0.132 e. The molecule has 1 aliphatic rings. The van der Waals surface area contributed by atoms with E-state index in [4.69, 9.17) is 4.74 Å². The first-order chi connectivity index (χ1) is 11.5. The molecule has 0 saturated carbocycles. The highest BCUT2D eigenvalue weighted by molar-refractivity contribution is 7.98. The number of fused-ring (bicyclic) bond motifs is 1. The molecule has 0 spiro atoms. The van der Waals surface area contributed by atoms with E-state index in [9.17, 15) is 0 Å². The number of anilines is 3. The molecule has 24 heavy (non-hydrogen) atoms. The Morgan fingerprint density at radius 1 is 1.04 bits per heavy atom. The Balaban J connectivity index is 2.16. The van der Waals surface area contributed by atoms with Crippen LogP contribution < -0.4 is 19.4 Å². The van der Waals surface area contributed by atoms with Crippen LogP contribution in [0.1, 0.15) is 11.7 Å². The number of hydrogen-bond donors (Lipinski definition) is 0.